The van der Waals surface area contributed by atoms with Gasteiger partial charge in [-0.05, 0) is 54.6 Å². The van der Waals surface area contributed by atoms with Gasteiger partial charge in [0.25, 0.3) is 15.6 Å². The molecule has 23 heavy (non-hydrogen) atoms. The molecule has 2 aromatic heterocycles. The van der Waals surface area contributed by atoms with E-state index >= 15 is 0 Å². The first-order valence-electron chi connectivity index (χ1n) is 6.94. The van der Waals surface area contributed by atoms with Crippen molar-refractivity contribution in [3.63, 3.8) is 0 Å². The summed E-state index contributed by atoms with van der Waals surface area (Å²) >= 11 is 2.09. The van der Waals surface area contributed by atoms with E-state index in [4.69, 9.17) is 0 Å². The van der Waals surface area contributed by atoms with Gasteiger partial charge in [-0.25, -0.2) is 12.4 Å². The molecule has 0 N–H and O–H groups in total. The lowest BCUT2D eigenvalue weighted by atomic mass is 10.2. The summed E-state index contributed by atoms with van der Waals surface area (Å²) in [7, 11) is -2.08. The van der Waals surface area contributed by atoms with Crippen molar-refractivity contribution >= 4 is 43.6 Å². The Labute approximate surface area is 147 Å². The molecular weight excluding hydrogens is 427 g/mol. The van der Waals surface area contributed by atoms with Crippen molar-refractivity contribution in [3.8, 4) is 0 Å². The van der Waals surface area contributed by atoms with Gasteiger partial charge in [-0.3, -0.25) is 4.79 Å². The number of rotatable bonds is 2. The fraction of sp³-hybridized carbons (Fsp3) is 0.188. The first kappa shape index (κ1) is 16.3. The van der Waals surface area contributed by atoms with Gasteiger partial charge >= 0.3 is 0 Å². The molecule has 0 spiro atoms. The molecule has 0 aliphatic heterocycles. The lowest BCUT2D eigenvalue weighted by Gasteiger charge is -2.10. The molecule has 0 saturated carbocycles. The van der Waals surface area contributed by atoms with Crippen LogP contribution >= 0.6 is 22.6 Å². The molecule has 0 aliphatic rings. The van der Waals surface area contributed by atoms with E-state index in [1.165, 1.54) is 14.6 Å². The molecule has 0 unspecified atom stereocenters. The fourth-order valence-electron chi connectivity index (χ4n) is 2.61. The molecule has 0 atom stereocenters. The van der Waals surface area contributed by atoms with Gasteiger partial charge in [0.15, 0.2) is 0 Å². The molecule has 0 aliphatic carbocycles. The van der Waals surface area contributed by atoms with Crippen molar-refractivity contribution < 1.29 is 8.42 Å². The maximum Gasteiger partial charge on any atom is 0.268 e. The Balaban J connectivity index is 2.41. The third-order valence-electron chi connectivity index (χ3n) is 3.90. The summed E-state index contributed by atoms with van der Waals surface area (Å²) in [6.07, 6.45) is 0. The Hall–Kier alpha value is -1.61. The minimum absolute atomic E-state index is 0.166. The van der Waals surface area contributed by atoms with Gasteiger partial charge in [0, 0.05) is 18.8 Å². The van der Waals surface area contributed by atoms with Crippen LogP contribution in [0.2, 0.25) is 0 Å². The number of hydrogen-bond donors (Lipinski definition) is 0. The van der Waals surface area contributed by atoms with E-state index in [9.17, 15) is 13.2 Å². The van der Waals surface area contributed by atoms with E-state index in [0.29, 0.717) is 16.7 Å². The summed E-state index contributed by atoms with van der Waals surface area (Å²) in [5.41, 5.74) is 2.57. The van der Waals surface area contributed by atoms with E-state index in [-0.39, 0.29) is 10.5 Å². The van der Waals surface area contributed by atoms with E-state index < -0.39 is 10.0 Å². The molecule has 3 rings (SSSR count). The normalized spacial score (nSPS) is 12.0. The van der Waals surface area contributed by atoms with E-state index in [2.05, 4.69) is 22.6 Å². The van der Waals surface area contributed by atoms with Crippen LogP contribution in [0.3, 0.4) is 0 Å². The van der Waals surface area contributed by atoms with Crippen LogP contribution in [0.5, 0.6) is 0 Å². The molecular formula is C16H15IN2O3S. The van der Waals surface area contributed by atoms with Crippen LogP contribution in [0, 0.1) is 17.4 Å². The highest BCUT2D eigenvalue weighted by Crippen LogP contribution is 2.29. The molecule has 2 heterocycles. The summed E-state index contributed by atoms with van der Waals surface area (Å²) < 4.78 is 29.7. The van der Waals surface area contributed by atoms with Crippen molar-refractivity contribution in [2.45, 2.75) is 18.7 Å². The second kappa shape index (κ2) is 5.48. The number of nitrogens with zero attached hydrogens (tertiary/aromatic N) is 2. The van der Waals surface area contributed by atoms with Crippen LogP contribution in [0.25, 0.3) is 11.0 Å². The Morgan fingerprint density at radius 1 is 1.00 bits per heavy atom. The highest BCUT2D eigenvalue weighted by atomic mass is 127. The molecule has 0 fully saturated rings. The third kappa shape index (κ3) is 2.42. The van der Waals surface area contributed by atoms with Crippen molar-refractivity contribution in [1.29, 1.82) is 0 Å². The van der Waals surface area contributed by atoms with Crippen LogP contribution in [0.1, 0.15) is 11.3 Å². The number of fused-ring (bicyclic) bond motifs is 1. The first-order valence-corrected chi connectivity index (χ1v) is 9.46. The quantitative estimate of drug-likeness (QED) is 0.574. The maximum atomic E-state index is 13.1. The molecule has 0 radical (unpaired) electrons. The van der Waals surface area contributed by atoms with Crippen LogP contribution in [-0.2, 0) is 17.1 Å². The highest BCUT2D eigenvalue weighted by molar-refractivity contribution is 14.1. The predicted octanol–water partition coefficient (Wildman–Crippen LogP) is 2.80. The number of aryl methyl sites for hydroxylation is 2. The van der Waals surface area contributed by atoms with Gasteiger partial charge in [-0.1, -0.05) is 17.7 Å². The molecule has 7 heteroatoms. The van der Waals surface area contributed by atoms with Crippen molar-refractivity contribution in [3.05, 3.63) is 61.6 Å². The van der Waals surface area contributed by atoms with Gasteiger partial charge < -0.3 is 4.57 Å². The van der Waals surface area contributed by atoms with Gasteiger partial charge in [-0.2, -0.15) is 0 Å². The standard InChI is InChI=1S/C16H15IN2O3S/c1-10-4-6-12(7-5-10)23(21,22)19-11(2)15(17)16-13(19)8-9-14(20)18(16)3/h4-9H,1-3H3. The summed E-state index contributed by atoms with van der Waals surface area (Å²) in [6, 6.07) is 9.70. The van der Waals surface area contributed by atoms with E-state index in [1.807, 2.05) is 6.92 Å². The van der Waals surface area contributed by atoms with Crippen molar-refractivity contribution in [2.24, 2.45) is 7.05 Å². The highest BCUT2D eigenvalue weighted by Gasteiger charge is 2.25. The molecule has 0 amide bonds. The van der Waals surface area contributed by atoms with Gasteiger partial charge in [-0.15, -0.1) is 0 Å². The monoisotopic (exact) mass is 442 g/mol. The Bertz CT molecular complexity index is 1080. The Morgan fingerprint density at radius 2 is 1.61 bits per heavy atom. The van der Waals surface area contributed by atoms with Crippen LogP contribution in [-0.4, -0.2) is 17.0 Å². The lowest BCUT2D eigenvalue weighted by Crippen LogP contribution is -2.17. The van der Waals surface area contributed by atoms with Crippen molar-refractivity contribution in [2.75, 3.05) is 0 Å². The topological polar surface area (TPSA) is 61.1 Å². The largest absolute Gasteiger partial charge is 0.309 e. The first-order chi connectivity index (χ1) is 10.7. The minimum atomic E-state index is -3.73. The van der Waals surface area contributed by atoms with Crippen LogP contribution in [0.15, 0.2) is 46.1 Å². The van der Waals surface area contributed by atoms with Crippen LogP contribution in [0.4, 0.5) is 0 Å². The number of pyridine rings is 1. The van der Waals surface area contributed by atoms with E-state index in [0.717, 1.165) is 9.13 Å². The molecule has 120 valence electrons. The Morgan fingerprint density at radius 3 is 2.22 bits per heavy atom. The average Bonchev–Trinajstić information content (AvgIpc) is 2.76. The summed E-state index contributed by atoms with van der Waals surface area (Å²) in [5, 5.41) is 0. The van der Waals surface area contributed by atoms with E-state index in [1.54, 1.807) is 44.3 Å². The zero-order valence-electron chi connectivity index (χ0n) is 12.9. The zero-order valence-corrected chi connectivity index (χ0v) is 15.8. The average molecular weight is 442 g/mol. The number of halogens is 1. The van der Waals surface area contributed by atoms with Gasteiger partial charge in [0.05, 0.1) is 19.5 Å². The second-order valence-electron chi connectivity index (χ2n) is 5.45. The molecule has 3 aromatic rings. The third-order valence-corrected chi connectivity index (χ3v) is 7.01. The molecule has 0 bridgehead atoms. The maximum absolute atomic E-state index is 13.1. The second-order valence-corrected chi connectivity index (χ2v) is 8.31. The molecule has 1 aromatic carbocycles. The SMILES string of the molecule is Cc1ccc(S(=O)(=O)n2c(C)c(I)c3c2ccc(=O)n3C)cc1. The van der Waals surface area contributed by atoms with Crippen LogP contribution < -0.4 is 5.56 Å². The molecule has 0 saturated heterocycles. The summed E-state index contributed by atoms with van der Waals surface area (Å²) in [5.74, 6) is 0. The van der Waals surface area contributed by atoms with Gasteiger partial charge in [0.2, 0.25) is 0 Å². The Kier molecular flexibility index (Phi) is 3.88. The fourth-order valence-corrected chi connectivity index (χ4v) is 5.21. The smallest absolute Gasteiger partial charge is 0.268 e. The summed E-state index contributed by atoms with van der Waals surface area (Å²) in [6.45, 7) is 3.66. The number of benzene rings is 1. The number of hydrogen-bond acceptors (Lipinski definition) is 3. The zero-order chi connectivity index (χ0) is 16.9. The van der Waals surface area contributed by atoms with Gasteiger partial charge in [0.1, 0.15) is 0 Å². The van der Waals surface area contributed by atoms with Crippen molar-refractivity contribution in [1.82, 2.24) is 8.54 Å². The molecule has 5 nitrogen and oxygen atoms in total. The predicted molar refractivity (Wildman–Crippen MR) is 98.4 cm³/mol. The minimum Gasteiger partial charge on any atom is -0.309 e. The summed E-state index contributed by atoms with van der Waals surface area (Å²) in [4.78, 5) is 12.1. The number of aromatic nitrogens is 2. The lowest BCUT2D eigenvalue weighted by molar-refractivity contribution is 0.588.